The van der Waals surface area contributed by atoms with Crippen molar-refractivity contribution in [1.82, 2.24) is 14.9 Å². The molecule has 0 aliphatic heterocycles. The highest BCUT2D eigenvalue weighted by Gasteiger charge is 2.24. The number of anilines is 1. The van der Waals surface area contributed by atoms with E-state index in [4.69, 9.17) is 16.1 Å². The Morgan fingerprint density at radius 1 is 1.33 bits per heavy atom. The van der Waals surface area contributed by atoms with Crippen LogP contribution in [0.15, 0.2) is 10.6 Å². The van der Waals surface area contributed by atoms with Gasteiger partial charge in [0.1, 0.15) is 16.5 Å². The Bertz CT molecular complexity index is 658. The molecule has 2 rings (SSSR count). The molecule has 0 bridgehead atoms. The molecule has 0 aliphatic rings. The number of nitrogens with one attached hydrogen (secondary N) is 1. The van der Waals surface area contributed by atoms with Crippen molar-refractivity contribution in [3.63, 3.8) is 0 Å². The lowest BCUT2D eigenvalue weighted by molar-refractivity contribution is 0.102. The number of halogens is 1. The fourth-order valence-electron chi connectivity index (χ4n) is 1.94. The smallest absolute Gasteiger partial charge is 0.261 e. The quantitative estimate of drug-likeness (QED) is 0.937. The zero-order valence-electron chi connectivity index (χ0n) is 12.8. The second kappa shape index (κ2) is 5.89. The Labute approximate surface area is 128 Å². The van der Waals surface area contributed by atoms with Crippen molar-refractivity contribution >= 4 is 23.3 Å². The summed E-state index contributed by atoms with van der Waals surface area (Å²) in [6.07, 6.45) is 0. The maximum Gasteiger partial charge on any atom is 0.261 e. The summed E-state index contributed by atoms with van der Waals surface area (Å²) in [7, 11) is 1.71. The van der Waals surface area contributed by atoms with E-state index in [0.29, 0.717) is 28.0 Å². The molecule has 0 atom stereocenters. The molecule has 6 nitrogen and oxygen atoms in total. The number of carbonyl (C=O) groups is 1. The van der Waals surface area contributed by atoms with Gasteiger partial charge in [0, 0.05) is 19.0 Å². The summed E-state index contributed by atoms with van der Waals surface area (Å²) in [5.41, 5.74) is 1.04. The zero-order chi connectivity index (χ0) is 15.7. The third kappa shape index (κ3) is 3.10. The molecule has 1 amide bonds. The molecule has 0 unspecified atom stereocenters. The van der Waals surface area contributed by atoms with Crippen molar-refractivity contribution in [2.75, 3.05) is 5.32 Å². The summed E-state index contributed by atoms with van der Waals surface area (Å²) >= 11 is 6.17. The number of carbonyl (C=O) groups excluding carboxylic acids is 1. The van der Waals surface area contributed by atoms with Gasteiger partial charge in [0.2, 0.25) is 0 Å². The van der Waals surface area contributed by atoms with Crippen molar-refractivity contribution < 1.29 is 9.32 Å². The Hall–Kier alpha value is -1.82. The highest BCUT2D eigenvalue weighted by molar-refractivity contribution is 6.33. The van der Waals surface area contributed by atoms with Gasteiger partial charge >= 0.3 is 0 Å². The summed E-state index contributed by atoms with van der Waals surface area (Å²) < 4.78 is 6.65. The van der Waals surface area contributed by atoms with E-state index in [1.807, 2.05) is 27.7 Å². The van der Waals surface area contributed by atoms with Crippen LogP contribution in [0, 0.1) is 0 Å². The summed E-state index contributed by atoms with van der Waals surface area (Å²) in [5.74, 6) is 1.05. The van der Waals surface area contributed by atoms with Crippen LogP contribution in [-0.4, -0.2) is 20.8 Å². The number of aromatic nitrogens is 3. The molecule has 0 aliphatic carbocycles. The van der Waals surface area contributed by atoms with Gasteiger partial charge < -0.3 is 9.84 Å². The first kappa shape index (κ1) is 15.6. The lowest BCUT2D eigenvalue weighted by Crippen LogP contribution is -2.14. The van der Waals surface area contributed by atoms with Gasteiger partial charge in [-0.3, -0.25) is 9.48 Å². The minimum atomic E-state index is -0.333. The van der Waals surface area contributed by atoms with Crippen LogP contribution in [0.1, 0.15) is 61.3 Å². The summed E-state index contributed by atoms with van der Waals surface area (Å²) in [4.78, 5) is 12.4. The molecule has 0 spiro atoms. The molecule has 0 fully saturated rings. The number of hydrogen-bond donors (Lipinski definition) is 1. The minimum absolute atomic E-state index is 0.0907. The first-order valence-corrected chi connectivity index (χ1v) is 7.19. The van der Waals surface area contributed by atoms with Crippen molar-refractivity contribution in [2.45, 2.75) is 39.5 Å². The molecule has 2 aromatic rings. The number of aryl methyl sites for hydroxylation is 1. The lowest BCUT2D eigenvalue weighted by Gasteiger charge is -2.05. The molecule has 0 saturated heterocycles. The van der Waals surface area contributed by atoms with Crippen LogP contribution in [0.4, 0.5) is 5.82 Å². The maximum absolute atomic E-state index is 12.4. The molecule has 7 heteroatoms. The van der Waals surface area contributed by atoms with Crippen molar-refractivity contribution in [1.29, 1.82) is 0 Å². The van der Waals surface area contributed by atoms with Crippen LogP contribution in [0.3, 0.4) is 0 Å². The molecule has 2 heterocycles. The van der Waals surface area contributed by atoms with Gasteiger partial charge in [-0.25, -0.2) is 0 Å². The van der Waals surface area contributed by atoms with Crippen LogP contribution in [0.2, 0.25) is 5.15 Å². The number of nitrogens with zero attached hydrogens (tertiary/aromatic N) is 3. The van der Waals surface area contributed by atoms with E-state index in [2.05, 4.69) is 15.6 Å². The van der Waals surface area contributed by atoms with E-state index in [-0.39, 0.29) is 17.7 Å². The van der Waals surface area contributed by atoms with E-state index >= 15 is 0 Å². The third-order valence-corrected chi connectivity index (χ3v) is 3.55. The largest absolute Gasteiger partial charge is 0.359 e. The van der Waals surface area contributed by atoms with Crippen LogP contribution in [-0.2, 0) is 7.05 Å². The Balaban J connectivity index is 2.28. The Kier molecular flexibility index (Phi) is 4.37. The monoisotopic (exact) mass is 310 g/mol. The Morgan fingerprint density at radius 2 is 2.00 bits per heavy atom. The fourth-order valence-corrected chi connectivity index (χ4v) is 2.16. The van der Waals surface area contributed by atoms with Gasteiger partial charge in [0.25, 0.3) is 5.91 Å². The second-order valence-electron chi connectivity index (χ2n) is 5.55. The van der Waals surface area contributed by atoms with Crippen molar-refractivity contribution in [2.24, 2.45) is 7.05 Å². The molecular weight excluding hydrogens is 292 g/mol. The summed E-state index contributed by atoms with van der Waals surface area (Å²) in [5, 5.41) is 11.1. The molecular formula is C14H19ClN4O2. The standard InChI is InChI=1S/C14H19ClN4O2/c1-7(2)9-6-10(18-21-9)16-14(20)11-12(8(3)4)17-19(5)13(11)15/h6-8H,1-5H3,(H,16,18,20). The number of amides is 1. The predicted octanol–water partition coefficient (Wildman–Crippen LogP) is 3.56. The summed E-state index contributed by atoms with van der Waals surface area (Å²) in [6.45, 7) is 7.90. The molecule has 0 aromatic carbocycles. The van der Waals surface area contributed by atoms with E-state index in [1.165, 1.54) is 4.68 Å². The SMILES string of the molecule is CC(C)c1cc(NC(=O)c2c(C(C)C)nn(C)c2Cl)no1. The van der Waals surface area contributed by atoms with Gasteiger partial charge in [-0.2, -0.15) is 5.10 Å². The maximum atomic E-state index is 12.4. The lowest BCUT2D eigenvalue weighted by atomic mass is 10.1. The average molecular weight is 311 g/mol. The van der Waals surface area contributed by atoms with Gasteiger partial charge in [0.05, 0.1) is 5.69 Å². The van der Waals surface area contributed by atoms with Crippen molar-refractivity contribution in [3.05, 3.63) is 28.2 Å². The van der Waals surface area contributed by atoms with Crippen LogP contribution in [0.25, 0.3) is 0 Å². The molecule has 1 N–H and O–H groups in total. The molecule has 0 saturated carbocycles. The first-order chi connectivity index (χ1) is 9.81. The second-order valence-corrected chi connectivity index (χ2v) is 5.91. The van der Waals surface area contributed by atoms with Gasteiger partial charge in [-0.05, 0) is 5.92 Å². The van der Waals surface area contributed by atoms with Gasteiger partial charge in [0.15, 0.2) is 5.82 Å². The van der Waals surface area contributed by atoms with E-state index in [0.717, 1.165) is 0 Å². The summed E-state index contributed by atoms with van der Waals surface area (Å²) in [6, 6.07) is 1.71. The van der Waals surface area contributed by atoms with Gasteiger partial charge in [-0.1, -0.05) is 44.5 Å². The fraction of sp³-hybridized carbons (Fsp3) is 0.500. The first-order valence-electron chi connectivity index (χ1n) is 6.81. The molecule has 2 aromatic heterocycles. The highest BCUT2D eigenvalue weighted by Crippen LogP contribution is 2.26. The molecule has 21 heavy (non-hydrogen) atoms. The van der Waals surface area contributed by atoms with E-state index < -0.39 is 0 Å². The van der Waals surface area contributed by atoms with E-state index in [1.54, 1.807) is 13.1 Å². The van der Waals surface area contributed by atoms with Gasteiger partial charge in [-0.15, -0.1) is 0 Å². The van der Waals surface area contributed by atoms with E-state index in [9.17, 15) is 4.79 Å². The number of rotatable bonds is 4. The van der Waals surface area contributed by atoms with Crippen molar-refractivity contribution in [3.8, 4) is 0 Å². The van der Waals surface area contributed by atoms with Crippen LogP contribution >= 0.6 is 11.6 Å². The normalized spacial score (nSPS) is 11.4. The molecule has 0 radical (unpaired) electrons. The average Bonchev–Trinajstić information content (AvgIpc) is 2.96. The topological polar surface area (TPSA) is 73.0 Å². The Morgan fingerprint density at radius 3 is 2.52 bits per heavy atom. The minimum Gasteiger partial charge on any atom is -0.359 e. The third-order valence-electron chi connectivity index (χ3n) is 3.12. The number of hydrogen-bond acceptors (Lipinski definition) is 4. The van der Waals surface area contributed by atoms with Crippen LogP contribution < -0.4 is 5.32 Å². The zero-order valence-corrected chi connectivity index (χ0v) is 13.5. The van der Waals surface area contributed by atoms with Crippen LogP contribution in [0.5, 0.6) is 0 Å². The molecule has 114 valence electrons. The predicted molar refractivity (Wildman–Crippen MR) is 80.9 cm³/mol. The highest BCUT2D eigenvalue weighted by atomic mass is 35.5.